The van der Waals surface area contributed by atoms with E-state index in [-0.39, 0.29) is 21.4 Å². The third-order valence-electron chi connectivity index (χ3n) is 5.25. The van der Waals surface area contributed by atoms with E-state index in [0.717, 1.165) is 5.69 Å². The Morgan fingerprint density at radius 2 is 1.85 bits per heavy atom. The van der Waals surface area contributed by atoms with Crippen LogP contribution in [0.4, 0.5) is 5.69 Å². The SMILES string of the molecule is Cc1cnc(CNC2C(C)(C)C2(C)C)c(C)c1[N+](=O)[O-]. The van der Waals surface area contributed by atoms with Crippen molar-refractivity contribution in [2.75, 3.05) is 0 Å². The summed E-state index contributed by atoms with van der Waals surface area (Å²) in [5, 5.41) is 14.6. The summed E-state index contributed by atoms with van der Waals surface area (Å²) in [4.78, 5) is 15.1. The molecule has 0 radical (unpaired) electrons. The van der Waals surface area contributed by atoms with Crippen LogP contribution in [0.5, 0.6) is 0 Å². The first-order valence-electron chi connectivity index (χ1n) is 6.93. The topological polar surface area (TPSA) is 68.1 Å². The molecule has 0 aliphatic heterocycles. The van der Waals surface area contributed by atoms with E-state index in [1.807, 2.05) is 0 Å². The van der Waals surface area contributed by atoms with Gasteiger partial charge in [-0.3, -0.25) is 15.1 Å². The highest BCUT2D eigenvalue weighted by atomic mass is 16.6. The van der Waals surface area contributed by atoms with Crippen LogP contribution in [0.1, 0.15) is 44.5 Å². The van der Waals surface area contributed by atoms with Gasteiger partial charge in [0.1, 0.15) is 0 Å². The number of nitro groups is 1. The van der Waals surface area contributed by atoms with Gasteiger partial charge in [-0.25, -0.2) is 0 Å². The van der Waals surface area contributed by atoms with Crippen molar-refractivity contribution in [2.24, 2.45) is 10.8 Å². The van der Waals surface area contributed by atoms with Crippen molar-refractivity contribution in [1.29, 1.82) is 0 Å². The van der Waals surface area contributed by atoms with Crippen molar-refractivity contribution >= 4 is 5.69 Å². The number of aryl methyl sites for hydroxylation is 1. The molecule has 0 unspecified atom stereocenters. The Bertz CT molecular complexity index is 550. The summed E-state index contributed by atoms with van der Waals surface area (Å²) in [7, 11) is 0. The maximum absolute atomic E-state index is 11.1. The van der Waals surface area contributed by atoms with Gasteiger partial charge in [-0.2, -0.15) is 0 Å². The molecule has 1 aliphatic carbocycles. The zero-order valence-corrected chi connectivity index (χ0v) is 13.1. The molecule has 0 bridgehead atoms. The Kier molecular flexibility index (Phi) is 3.37. The monoisotopic (exact) mass is 277 g/mol. The van der Waals surface area contributed by atoms with Gasteiger partial charge in [-0.05, 0) is 24.7 Å². The zero-order chi connectivity index (χ0) is 15.3. The molecule has 1 saturated carbocycles. The van der Waals surface area contributed by atoms with E-state index in [4.69, 9.17) is 0 Å². The molecule has 1 aliphatic rings. The van der Waals surface area contributed by atoms with Gasteiger partial charge < -0.3 is 5.32 Å². The van der Waals surface area contributed by atoms with Crippen molar-refractivity contribution in [3.05, 3.63) is 33.1 Å². The second-order valence-electron chi connectivity index (χ2n) is 6.88. The van der Waals surface area contributed by atoms with E-state index < -0.39 is 0 Å². The predicted octanol–water partition coefficient (Wildman–Crippen LogP) is 3.13. The van der Waals surface area contributed by atoms with E-state index >= 15 is 0 Å². The van der Waals surface area contributed by atoms with Crippen LogP contribution in [0.2, 0.25) is 0 Å². The first-order valence-corrected chi connectivity index (χ1v) is 6.93. The lowest BCUT2D eigenvalue weighted by Crippen LogP contribution is -2.23. The lowest BCUT2D eigenvalue weighted by Gasteiger charge is -2.10. The van der Waals surface area contributed by atoms with E-state index in [2.05, 4.69) is 38.0 Å². The fourth-order valence-corrected chi connectivity index (χ4v) is 3.13. The summed E-state index contributed by atoms with van der Waals surface area (Å²) >= 11 is 0. The van der Waals surface area contributed by atoms with Crippen LogP contribution in [-0.4, -0.2) is 15.9 Å². The number of aromatic nitrogens is 1. The molecule has 0 aromatic carbocycles. The fraction of sp³-hybridized carbons (Fsp3) is 0.667. The fourth-order valence-electron chi connectivity index (χ4n) is 3.13. The molecular weight excluding hydrogens is 254 g/mol. The highest BCUT2D eigenvalue weighted by Crippen LogP contribution is 2.62. The largest absolute Gasteiger partial charge is 0.307 e. The van der Waals surface area contributed by atoms with E-state index in [9.17, 15) is 10.1 Å². The van der Waals surface area contributed by atoms with Crippen molar-refractivity contribution < 1.29 is 4.92 Å². The maximum Gasteiger partial charge on any atom is 0.278 e. The van der Waals surface area contributed by atoms with Crippen molar-refractivity contribution in [3.8, 4) is 0 Å². The van der Waals surface area contributed by atoms with Gasteiger partial charge >= 0.3 is 0 Å². The third kappa shape index (κ3) is 2.10. The number of hydrogen-bond donors (Lipinski definition) is 1. The van der Waals surface area contributed by atoms with Crippen LogP contribution in [-0.2, 0) is 6.54 Å². The molecule has 1 aromatic rings. The highest BCUT2D eigenvalue weighted by Gasteiger charge is 2.64. The Morgan fingerprint density at radius 3 is 2.30 bits per heavy atom. The average Bonchev–Trinajstić information content (AvgIpc) is 2.69. The van der Waals surface area contributed by atoms with Crippen LogP contribution in [0.25, 0.3) is 0 Å². The van der Waals surface area contributed by atoms with Crippen molar-refractivity contribution in [1.82, 2.24) is 10.3 Å². The van der Waals surface area contributed by atoms with E-state index in [1.165, 1.54) is 0 Å². The molecule has 1 N–H and O–H groups in total. The molecular formula is C15H23N3O2. The molecule has 1 aromatic heterocycles. The predicted molar refractivity (Wildman–Crippen MR) is 78.6 cm³/mol. The molecule has 0 amide bonds. The zero-order valence-electron chi connectivity index (χ0n) is 13.1. The summed E-state index contributed by atoms with van der Waals surface area (Å²) in [6, 6.07) is 0.413. The van der Waals surface area contributed by atoms with Gasteiger partial charge in [0.2, 0.25) is 0 Å². The first kappa shape index (κ1) is 14.9. The van der Waals surface area contributed by atoms with Crippen LogP contribution >= 0.6 is 0 Å². The summed E-state index contributed by atoms with van der Waals surface area (Å²) in [6.45, 7) is 13.0. The van der Waals surface area contributed by atoms with Crippen LogP contribution in [0.15, 0.2) is 6.20 Å². The molecule has 110 valence electrons. The molecule has 5 nitrogen and oxygen atoms in total. The molecule has 1 heterocycles. The minimum absolute atomic E-state index is 0.186. The van der Waals surface area contributed by atoms with Crippen LogP contribution in [0, 0.1) is 34.8 Å². The minimum atomic E-state index is -0.319. The Hall–Kier alpha value is -1.49. The normalized spacial score (nSPS) is 19.9. The van der Waals surface area contributed by atoms with Gasteiger partial charge in [0.25, 0.3) is 5.69 Å². The van der Waals surface area contributed by atoms with E-state index in [1.54, 1.807) is 20.0 Å². The summed E-state index contributed by atoms with van der Waals surface area (Å²) in [6.07, 6.45) is 1.59. The summed E-state index contributed by atoms with van der Waals surface area (Å²) < 4.78 is 0. The second-order valence-corrected chi connectivity index (χ2v) is 6.88. The number of pyridine rings is 1. The number of rotatable bonds is 4. The van der Waals surface area contributed by atoms with Crippen molar-refractivity contribution in [3.63, 3.8) is 0 Å². The van der Waals surface area contributed by atoms with Crippen molar-refractivity contribution in [2.45, 2.75) is 54.1 Å². The highest BCUT2D eigenvalue weighted by molar-refractivity contribution is 5.47. The van der Waals surface area contributed by atoms with Crippen LogP contribution in [0.3, 0.4) is 0 Å². The Balaban J connectivity index is 2.16. The number of nitrogens with zero attached hydrogens (tertiary/aromatic N) is 2. The van der Waals surface area contributed by atoms with Crippen LogP contribution < -0.4 is 5.32 Å². The number of hydrogen-bond acceptors (Lipinski definition) is 4. The summed E-state index contributed by atoms with van der Waals surface area (Å²) in [5.74, 6) is 0. The second kappa shape index (κ2) is 4.52. The molecule has 1 fully saturated rings. The molecule has 2 rings (SSSR count). The smallest absolute Gasteiger partial charge is 0.278 e. The number of nitrogens with one attached hydrogen (secondary N) is 1. The van der Waals surface area contributed by atoms with Gasteiger partial charge in [-0.1, -0.05) is 27.7 Å². The van der Waals surface area contributed by atoms with Gasteiger partial charge in [-0.15, -0.1) is 0 Å². The standard InChI is InChI=1S/C15H23N3O2/c1-9-7-16-11(10(2)12(9)18(19)20)8-17-13-14(3,4)15(13,5)6/h7,13,17H,8H2,1-6H3. The maximum atomic E-state index is 11.1. The average molecular weight is 277 g/mol. The molecule has 0 saturated heterocycles. The minimum Gasteiger partial charge on any atom is -0.307 e. The first-order chi connectivity index (χ1) is 9.10. The lowest BCUT2D eigenvalue weighted by molar-refractivity contribution is -0.386. The van der Waals surface area contributed by atoms with Gasteiger partial charge in [0, 0.05) is 29.9 Å². The van der Waals surface area contributed by atoms with Gasteiger partial charge in [0.05, 0.1) is 10.6 Å². The van der Waals surface area contributed by atoms with Gasteiger partial charge in [0.15, 0.2) is 0 Å². The molecule has 0 atom stereocenters. The third-order valence-corrected chi connectivity index (χ3v) is 5.25. The quantitative estimate of drug-likeness (QED) is 0.678. The summed E-state index contributed by atoms with van der Waals surface area (Å²) in [5.41, 5.74) is 2.73. The lowest BCUT2D eigenvalue weighted by atomic mass is 10.0. The molecule has 20 heavy (non-hydrogen) atoms. The molecule has 5 heteroatoms. The molecule has 0 spiro atoms. The Morgan fingerprint density at radius 1 is 1.30 bits per heavy atom. The van der Waals surface area contributed by atoms with E-state index in [0.29, 0.717) is 23.7 Å². The Labute approximate surface area is 119 Å².